The van der Waals surface area contributed by atoms with Gasteiger partial charge in [-0.2, -0.15) is 0 Å². The Hall–Kier alpha value is -3.98. The van der Waals surface area contributed by atoms with E-state index in [2.05, 4.69) is 118 Å². The molecule has 0 aliphatic heterocycles. The molecule has 3 heteroatoms. The van der Waals surface area contributed by atoms with Crippen molar-refractivity contribution >= 4 is 16.8 Å². The molecular weight excluding hydrogens is 426 g/mol. The van der Waals surface area contributed by atoms with E-state index in [1.54, 1.807) is 0 Å². The van der Waals surface area contributed by atoms with Crippen LogP contribution in [0.25, 0.3) is 39.6 Å². The SMILES string of the molecule is C1=CCCC(n2c(-c3ccc(C4=CCCC=C4)cc3)nnc2-c2ccc(C3=CCCC=C3)cc2)=C1. The molecule has 0 fully saturated rings. The van der Waals surface area contributed by atoms with Gasteiger partial charge in [0, 0.05) is 16.8 Å². The molecule has 0 amide bonds. The standard InChI is InChI=1S/C32H29N3/c1-4-10-24(11-5-1)26-16-20-28(21-17-26)31-33-34-32(35(31)30-14-8-3-9-15-30)29-22-18-27(19-23-29)25-12-6-2-7-13-25/h3-4,6,8,10-14,16-23H,1-2,5,7,9,15H2. The number of hydrogen-bond acceptors (Lipinski definition) is 2. The van der Waals surface area contributed by atoms with Gasteiger partial charge in [0.25, 0.3) is 0 Å². The Morgan fingerprint density at radius 3 is 1.49 bits per heavy atom. The molecule has 172 valence electrons. The number of rotatable bonds is 5. The number of benzene rings is 2. The molecule has 3 aliphatic carbocycles. The molecule has 2 aromatic carbocycles. The van der Waals surface area contributed by atoms with Crippen LogP contribution in [0.5, 0.6) is 0 Å². The average molecular weight is 456 g/mol. The van der Waals surface area contributed by atoms with Crippen molar-refractivity contribution in [2.45, 2.75) is 38.5 Å². The van der Waals surface area contributed by atoms with Crippen LogP contribution in [0.2, 0.25) is 0 Å². The van der Waals surface area contributed by atoms with E-state index < -0.39 is 0 Å². The van der Waals surface area contributed by atoms with Crippen LogP contribution in [0, 0.1) is 0 Å². The van der Waals surface area contributed by atoms with E-state index in [0.717, 1.165) is 61.3 Å². The van der Waals surface area contributed by atoms with E-state index in [1.807, 2.05) is 0 Å². The molecule has 0 spiro atoms. The summed E-state index contributed by atoms with van der Waals surface area (Å²) in [5.74, 6) is 1.78. The van der Waals surface area contributed by atoms with Gasteiger partial charge in [-0.25, -0.2) is 0 Å². The molecule has 3 aliphatic rings. The van der Waals surface area contributed by atoms with Gasteiger partial charge >= 0.3 is 0 Å². The topological polar surface area (TPSA) is 30.7 Å². The Labute approximate surface area is 207 Å². The van der Waals surface area contributed by atoms with E-state index in [9.17, 15) is 0 Å². The van der Waals surface area contributed by atoms with Crippen molar-refractivity contribution in [3.05, 3.63) is 114 Å². The van der Waals surface area contributed by atoms with Gasteiger partial charge in [0.05, 0.1) is 0 Å². The van der Waals surface area contributed by atoms with Gasteiger partial charge in [0.1, 0.15) is 0 Å². The molecule has 0 unspecified atom stereocenters. The molecule has 0 saturated heterocycles. The lowest BCUT2D eigenvalue weighted by Crippen LogP contribution is -2.04. The van der Waals surface area contributed by atoms with Crippen LogP contribution < -0.4 is 0 Å². The summed E-state index contributed by atoms with van der Waals surface area (Å²) in [7, 11) is 0. The van der Waals surface area contributed by atoms with Crippen molar-refractivity contribution in [1.29, 1.82) is 0 Å². The highest BCUT2D eigenvalue weighted by Gasteiger charge is 2.19. The zero-order chi connectivity index (χ0) is 23.5. The van der Waals surface area contributed by atoms with Crippen molar-refractivity contribution in [1.82, 2.24) is 14.8 Å². The summed E-state index contributed by atoms with van der Waals surface area (Å²) >= 11 is 0. The van der Waals surface area contributed by atoms with Gasteiger partial charge in [-0.1, -0.05) is 97.1 Å². The monoisotopic (exact) mass is 455 g/mol. The first-order valence-electron chi connectivity index (χ1n) is 12.6. The van der Waals surface area contributed by atoms with Crippen LogP contribution in [0.15, 0.2) is 103 Å². The van der Waals surface area contributed by atoms with Crippen molar-refractivity contribution in [3.8, 4) is 22.8 Å². The fourth-order valence-electron chi connectivity index (χ4n) is 4.98. The molecule has 0 atom stereocenters. The smallest absolute Gasteiger partial charge is 0.168 e. The summed E-state index contributed by atoms with van der Waals surface area (Å²) in [6, 6.07) is 17.5. The molecule has 0 bridgehead atoms. The number of allylic oxidation sites excluding steroid dienone is 12. The lowest BCUT2D eigenvalue weighted by molar-refractivity contribution is 0.947. The largest absolute Gasteiger partial charge is 0.279 e. The van der Waals surface area contributed by atoms with Gasteiger partial charge in [-0.3, -0.25) is 4.57 Å². The molecule has 0 saturated carbocycles. The van der Waals surface area contributed by atoms with Gasteiger partial charge in [0.2, 0.25) is 0 Å². The summed E-state index contributed by atoms with van der Waals surface area (Å²) in [4.78, 5) is 0. The zero-order valence-electron chi connectivity index (χ0n) is 19.9. The van der Waals surface area contributed by atoms with Crippen molar-refractivity contribution in [2.75, 3.05) is 0 Å². The Bertz CT molecular complexity index is 1310. The molecule has 0 N–H and O–H groups in total. The zero-order valence-corrected chi connectivity index (χ0v) is 19.9. The third-order valence-corrected chi connectivity index (χ3v) is 6.88. The Balaban J connectivity index is 1.38. The Morgan fingerprint density at radius 2 is 1.06 bits per heavy atom. The van der Waals surface area contributed by atoms with Crippen molar-refractivity contribution in [2.24, 2.45) is 0 Å². The highest BCUT2D eigenvalue weighted by molar-refractivity contribution is 5.79. The number of aromatic nitrogens is 3. The van der Waals surface area contributed by atoms with Gasteiger partial charge in [-0.05, 0) is 66.9 Å². The van der Waals surface area contributed by atoms with Gasteiger partial charge in [0.15, 0.2) is 11.6 Å². The third kappa shape index (κ3) is 4.42. The maximum absolute atomic E-state index is 4.69. The summed E-state index contributed by atoms with van der Waals surface area (Å²) in [6.45, 7) is 0. The summed E-state index contributed by atoms with van der Waals surface area (Å²) in [6.07, 6.45) is 26.6. The van der Waals surface area contributed by atoms with Crippen LogP contribution in [-0.2, 0) is 0 Å². The number of nitrogens with zero attached hydrogens (tertiary/aromatic N) is 3. The lowest BCUT2D eigenvalue weighted by Gasteiger charge is -2.16. The predicted molar refractivity (Wildman–Crippen MR) is 146 cm³/mol. The molecule has 0 radical (unpaired) electrons. The van der Waals surface area contributed by atoms with E-state index in [1.165, 1.54) is 28.0 Å². The minimum absolute atomic E-state index is 0.892. The normalized spacial score (nSPS) is 17.2. The first kappa shape index (κ1) is 21.5. The van der Waals surface area contributed by atoms with Crippen molar-refractivity contribution < 1.29 is 0 Å². The fourth-order valence-corrected chi connectivity index (χ4v) is 4.98. The van der Waals surface area contributed by atoms with E-state index in [4.69, 9.17) is 0 Å². The highest BCUT2D eigenvalue weighted by Crippen LogP contribution is 2.33. The minimum atomic E-state index is 0.892. The molecule has 3 nitrogen and oxygen atoms in total. The summed E-state index contributed by atoms with van der Waals surface area (Å²) in [5, 5.41) is 9.38. The van der Waals surface area contributed by atoms with E-state index in [0.29, 0.717) is 0 Å². The quantitative estimate of drug-likeness (QED) is 0.387. The second-order valence-electron chi connectivity index (χ2n) is 9.24. The average Bonchev–Trinajstić information content (AvgIpc) is 3.40. The Kier molecular flexibility index (Phi) is 5.98. The first-order valence-corrected chi connectivity index (χ1v) is 12.6. The minimum Gasteiger partial charge on any atom is -0.279 e. The third-order valence-electron chi connectivity index (χ3n) is 6.88. The molecule has 6 rings (SSSR count). The molecule has 1 aromatic heterocycles. The second-order valence-corrected chi connectivity index (χ2v) is 9.24. The fraction of sp³-hybridized carbons (Fsp3) is 0.188. The Morgan fingerprint density at radius 1 is 0.543 bits per heavy atom. The van der Waals surface area contributed by atoms with Crippen LogP contribution in [0.1, 0.15) is 49.7 Å². The van der Waals surface area contributed by atoms with Crippen molar-refractivity contribution in [3.63, 3.8) is 0 Å². The van der Waals surface area contributed by atoms with Gasteiger partial charge < -0.3 is 0 Å². The maximum atomic E-state index is 4.69. The molecule has 1 heterocycles. The summed E-state index contributed by atoms with van der Waals surface area (Å²) < 4.78 is 2.24. The first-order chi connectivity index (χ1) is 17.4. The lowest BCUT2D eigenvalue weighted by atomic mass is 9.98. The van der Waals surface area contributed by atoms with Crippen LogP contribution >= 0.6 is 0 Å². The molecular formula is C32H29N3. The maximum Gasteiger partial charge on any atom is 0.168 e. The molecule has 3 aromatic rings. The molecule has 35 heavy (non-hydrogen) atoms. The predicted octanol–water partition coefficient (Wildman–Crippen LogP) is 8.27. The van der Waals surface area contributed by atoms with Crippen LogP contribution in [-0.4, -0.2) is 14.8 Å². The highest BCUT2D eigenvalue weighted by atomic mass is 15.3. The number of hydrogen-bond donors (Lipinski definition) is 0. The van der Waals surface area contributed by atoms with Crippen LogP contribution in [0.4, 0.5) is 0 Å². The summed E-state index contributed by atoms with van der Waals surface area (Å²) in [5.41, 5.74) is 8.48. The van der Waals surface area contributed by atoms with Gasteiger partial charge in [-0.15, -0.1) is 10.2 Å². The van der Waals surface area contributed by atoms with Crippen LogP contribution in [0.3, 0.4) is 0 Å². The second kappa shape index (κ2) is 9.71. The van der Waals surface area contributed by atoms with E-state index in [-0.39, 0.29) is 0 Å². The van der Waals surface area contributed by atoms with E-state index >= 15 is 0 Å².